The van der Waals surface area contributed by atoms with Crippen LogP contribution in [-0.2, 0) is 13.2 Å². The highest BCUT2D eigenvalue weighted by Gasteiger charge is 2.34. The molecular weight excluding hydrogens is 341 g/mol. The molecule has 0 saturated heterocycles. The van der Waals surface area contributed by atoms with Gasteiger partial charge in [0.15, 0.2) is 10.6 Å². The Morgan fingerprint density at radius 1 is 1.33 bits per heavy atom. The first-order valence-corrected chi connectivity index (χ1v) is 7.45. The Morgan fingerprint density at radius 2 is 2.08 bits per heavy atom. The van der Waals surface area contributed by atoms with Crippen molar-refractivity contribution in [2.45, 2.75) is 6.18 Å². The molecular formula is C15H9F3N4OS. The largest absolute Gasteiger partial charge is 0.431 e. The summed E-state index contributed by atoms with van der Waals surface area (Å²) in [5.41, 5.74) is -1.09. The monoisotopic (exact) mass is 350 g/mol. The molecule has 0 bridgehead atoms. The molecule has 5 nitrogen and oxygen atoms in total. The minimum atomic E-state index is -4.62. The van der Waals surface area contributed by atoms with E-state index in [1.165, 1.54) is 25.4 Å². The molecule has 2 heterocycles. The second-order valence-electron chi connectivity index (χ2n) is 4.95. The lowest BCUT2D eigenvalue weighted by molar-refractivity contribution is -0.143. The molecule has 1 aromatic carbocycles. The van der Waals surface area contributed by atoms with E-state index in [0.717, 1.165) is 15.9 Å². The maximum atomic E-state index is 13.0. The van der Waals surface area contributed by atoms with Gasteiger partial charge in [-0.25, -0.2) is 4.98 Å². The van der Waals surface area contributed by atoms with Crippen LogP contribution in [0, 0.1) is 11.3 Å². The number of anilines is 2. The fourth-order valence-corrected chi connectivity index (χ4v) is 2.94. The SMILES string of the molecule is Cn1c(C(F)(F)F)cc(=O)c2ccc(Nc3ncc(C#N)s3)cc21. The predicted molar refractivity (Wildman–Crippen MR) is 84.3 cm³/mol. The van der Waals surface area contributed by atoms with E-state index in [1.807, 2.05) is 6.07 Å². The Morgan fingerprint density at radius 3 is 2.71 bits per heavy atom. The van der Waals surface area contributed by atoms with Crippen LogP contribution in [0.15, 0.2) is 35.3 Å². The molecule has 1 N–H and O–H groups in total. The molecule has 9 heteroatoms. The van der Waals surface area contributed by atoms with Gasteiger partial charge in [0.1, 0.15) is 16.6 Å². The van der Waals surface area contributed by atoms with Gasteiger partial charge in [0.2, 0.25) is 0 Å². The Kier molecular flexibility index (Phi) is 3.77. The van der Waals surface area contributed by atoms with Crippen molar-refractivity contribution in [2.75, 3.05) is 5.32 Å². The molecule has 0 amide bonds. The second-order valence-corrected chi connectivity index (χ2v) is 5.98. The van der Waals surface area contributed by atoms with Crippen LogP contribution in [0.2, 0.25) is 0 Å². The Bertz CT molecular complexity index is 1030. The van der Waals surface area contributed by atoms with Crippen molar-refractivity contribution in [3.8, 4) is 6.07 Å². The number of nitriles is 1. The van der Waals surface area contributed by atoms with Crippen molar-refractivity contribution in [3.05, 3.63) is 51.3 Å². The van der Waals surface area contributed by atoms with E-state index in [1.54, 1.807) is 6.07 Å². The van der Waals surface area contributed by atoms with E-state index in [4.69, 9.17) is 5.26 Å². The van der Waals surface area contributed by atoms with Gasteiger partial charge in [-0.3, -0.25) is 4.79 Å². The van der Waals surface area contributed by atoms with Gasteiger partial charge in [-0.1, -0.05) is 11.3 Å². The van der Waals surface area contributed by atoms with Gasteiger partial charge in [0.25, 0.3) is 0 Å². The molecule has 0 fully saturated rings. The molecule has 0 unspecified atom stereocenters. The third kappa shape index (κ3) is 2.83. The zero-order valence-electron chi connectivity index (χ0n) is 12.2. The van der Waals surface area contributed by atoms with Crippen LogP contribution in [-0.4, -0.2) is 9.55 Å². The summed E-state index contributed by atoms with van der Waals surface area (Å²) in [5, 5.41) is 12.3. The number of halogens is 3. The molecule has 0 saturated carbocycles. The molecule has 0 aliphatic rings. The number of aromatic nitrogens is 2. The highest BCUT2D eigenvalue weighted by atomic mass is 32.1. The zero-order chi connectivity index (χ0) is 17.5. The normalized spacial score (nSPS) is 11.5. The van der Waals surface area contributed by atoms with Gasteiger partial charge in [-0.15, -0.1) is 0 Å². The molecule has 0 atom stereocenters. The maximum absolute atomic E-state index is 13.0. The van der Waals surface area contributed by atoms with Crippen molar-refractivity contribution in [3.63, 3.8) is 0 Å². The minimum Gasteiger partial charge on any atom is -0.340 e. The summed E-state index contributed by atoms with van der Waals surface area (Å²) in [7, 11) is 1.26. The number of rotatable bonds is 2. The highest BCUT2D eigenvalue weighted by Crippen LogP contribution is 2.31. The van der Waals surface area contributed by atoms with E-state index >= 15 is 0 Å². The topological polar surface area (TPSA) is 70.7 Å². The van der Waals surface area contributed by atoms with E-state index in [-0.39, 0.29) is 10.9 Å². The van der Waals surface area contributed by atoms with Crippen molar-refractivity contribution < 1.29 is 13.2 Å². The summed E-state index contributed by atoms with van der Waals surface area (Å²) in [6.07, 6.45) is -3.23. The lowest BCUT2D eigenvalue weighted by atomic mass is 10.1. The first kappa shape index (κ1) is 16.0. The minimum absolute atomic E-state index is 0.150. The Labute approximate surface area is 137 Å². The number of benzene rings is 1. The fraction of sp³-hybridized carbons (Fsp3) is 0.133. The number of thiazole rings is 1. The van der Waals surface area contributed by atoms with Gasteiger partial charge < -0.3 is 9.88 Å². The number of fused-ring (bicyclic) bond motifs is 1. The molecule has 0 aliphatic carbocycles. The molecule has 3 rings (SSSR count). The van der Waals surface area contributed by atoms with Crippen molar-refractivity contribution in [2.24, 2.45) is 7.05 Å². The fourth-order valence-electron chi connectivity index (χ4n) is 2.30. The summed E-state index contributed by atoms with van der Waals surface area (Å²) in [6, 6.07) is 7.02. The molecule has 122 valence electrons. The third-order valence-electron chi connectivity index (χ3n) is 3.41. The number of hydrogen-bond acceptors (Lipinski definition) is 5. The van der Waals surface area contributed by atoms with Crippen LogP contribution in [0.1, 0.15) is 10.6 Å². The number of alkyl halides is 3. The average Bonchev–Trinajstić information content (AvgIpc) is 2.97. The van der Waals surface area contributed by atoms with Crippen LogP contribution in [0.5, 0.6) is 0 Å². The van der Waals surface area contributed by atoms with E-state index < -0.39 is 17.3 Å². The smallest absolute Gasteiger partial charge is 0.340 e. The van der Waals surface area contributed by atoms with Crippen molar-refractivity contribution >= 4 is 33.1 Å². The van der Waals surface area contributed by atoms with Gasteiger partial charge in [-0.2, -0.15) is 18.4 Å². The predicted octanol–water partition coefficient (Wildman–Crippen LogP) is 3.63. The maximum Gasteiger partial charge on any atom is 0.431 e. The Hall–Kier alpha value is -2.86. The van der Waals surface area contributed by atoms with Gasteiger partial charge >= 0.3 is 6.18 Å². The molecule has 0 aliphatic heterocycles. The third-order valence-corrected chi connectivity index (χ3v) is 4.23. The van der Waals surface area contributed by atoms with Crippen molar-refractivity contribution in [1.82, 2.24) is 9.55 Å². The summed E-state index contributed by atoms with van der Waals surface area (Å²) in [5.74, 6) is 0. The first-order chi connectivity index (χ1) is 11.3. The summed E-state index contributed by atoms with van der Waals surface area (Å²) in [4.78, 5) is 16.3. The lowest BCUT2D eigenvalue weighted by Crippen LogP contribution is -2.19. The van der Waals surface area contributed by atoms with E-state index in [0.29, 0.717) is 21.8 Å². The summed E-state index contributed by atoms with van der Waals surface area (Å²) >= 11 is 1.12. The number of hydrogen-bond donors (Lipinski definition) is 1. The van der Waals surface area contributed by atoms with E-state index in [9.17, 15) is 18.0 Å². The lowest BCUT2D eigenvalue weighted by Gasteiger charge is -2.15. The molecule has 0 radical (unpaired) electrons. The quantitative estimate of drug-likeness (QED) is 0.766. The van der Waals surface area contributed by atoms with Gasteiger partial charge in [-0.05, 0) is 18.2 Å². The number of aryl methyl sites for hydroxylation is 1. The number of nitrogens with zero attached hydrogens (tertiary/aromatic N) is 3. The Balaban J connectivity index is 2.11. The summed E-state index contributed by atoms with van der Waals surface area (Å²) < 4.78 is 40.0. The van der Waals surface area contributed by atoms with Crippen LogP contribution in [0.4, 0.5) is 24.0 Å². The summed E-state index contributed by atoms with van der Waals surface area (Å²) in [6.45, 7) is 0. The number of pyridine rings is 1. The van der Waals surface area contributed by atoms with Gasteiger partial charge in [0, 0.05) is 24.2 Å². The van der Waals surface area contributed by atoms with Crippen LogP contribution >= 0.6 is 11.3 Å². The van der Waals surface area contributed by atoms with E-state index in [2.05, 4.69) is 10.3 Å². The second kappa shape index (κ2) is 5.65. The molecule has 24 heavy (non-hydrogen) atoms. The molecule has 2 aromatic heterocycles. The molecule has 3 aromatic rings. The first-order valence-electron chi connectivity index (χ1n) is 6.63. The average molecular weight is 350 g/mol. The van der Waals surface area contributed by atoms with Crippen LogP contribution < -0.4 is 10.7 Å². The van der Waals surface area contributed by atoms with Crippen molar-refractivity contribution in [1.29, 1.82) is 5.26 Å². The zero-order valence-corrected chi connectivity index (χ0v) is 13.0. The number of nitrogens with one attached hydrogen (secondary N) is 1. The molecule has 0 spiro atoms. The van der Waals surface area contributed by atoms with Crippen LogP contribution in [0.3, 0.4) is 0 Å². The standard InChI is InChI=1S/C15H9F3N4OS/c1-22-11-4-8(21-14-20-7-9(6-19)24-14)2-3-10(11)12(23)5-13(22)15(16,17)18/h2-5,7H,1H3,(H,20,21). The van der Waals surface area contributed by atoms with Gasteiger partial charge in [0.05, 0.1) is 11.7 Å². The van der Waals surface area contributed by atoms with Crippen LogP contribution in [0.25, 0.3) is 10.9 Å². The highest BCUT2D eigenvalue weighted by molar-refractivity contribution is 7.16.